The zero-order chi connectivity index (χ0) is 11.5. The number of aromatic nitrogens is 5. The van der Waals surface area contributed by atoms with Gasteiger partial charge < -0.3 is 0 Å². The van der Waals surface area contributed by atoms with Gasteiger partial charge in [0, 0.05) is 17.5 Å². The molecule has 2 rings (SSSR count). The quantitative estimate of drug-likeness (QED) is 0.693. The van der Waals surface area contributed by atoms with E-state index in [-0.39, 0.29) is 12.2 Å². The van der Waals surface area contributed by atoms with Gasteiger partial charge in [-0.1, -0.05) is 0 Å². The van der Waals surface area contributed by atoms with Gasteiger partial charge in [0.2, 0.25) is 0 Å². The summed E-state index contributed by atoms with van der Waals surface area (Å²) >= 11 is 0. The first-order valence-electron chi connectivity index (χ1n) is 4.84. The van der Waals surface area contributed by atoms with E-state index in [4.69, 9.17) is 0 Å². The van der Waals surface area contributed by atoms with E-state index in [1.807, 2.05) is 6.92 Å². The Labute approximate surface area is 92.3 Å². The van der Waals surface area contributed by atoms with Crippen LogP contribution in [-0.2, 0) is 13.5 Å². The van der Waals surface area contributed by atoms with Crippen LogP contribution in [0.3, 0.4) is 0 Å². The summed E-state index contributed by atoms with van der Waals surface area (Å²) < 4.78 is 0. The minimum atomic E-state index is -0.0292. The molecule has 6 nitrogen and oxygen atoms in total. The number of ketones is 1. The lowest BCUT2D eigenvalue weighted by molar-refractivity contribution is 0.0990. The van der Waals surface area contributed by atoms with Crippen molar-refractivity contribution < 1.29 is 4.79 Å². The molecule has 0 atom stereocenters. The molecule has 0 aliphatic carbocycles. The van der Waals surface area contributed by atoms with Crippen molar-refractivity contribution in [3.63, 3.8) is 0 Å². The number of hydrogen-bond acceptors (Lipinski definition) is 5. The van der Waals surface area contributed by atoms with Crippen LogP contribution in [0.25, 0.3) is 0 Å². The molecule has 0 radical (unpaired) electrons. The normalized spacial score (nSPS) is 10.4. The second-order valence-corrected chi connectivity index (χ2v) is 3.48. The number of nitrogens with zero attached hydrogens (tertiary/aromatic N) is 5. The minimum Gasteiger partial charge on any atom is -0.294 e. The molecule has 0 N–H and O–H groups in total. The number of tetrazole rings is 1. The monoisotopic (exact) mass is 217 g/mol. The summed E-state index contributed by atoms with van der Waals surface area (Å²) in [4.78, 5) is 17.2. The van der Waals surface area contributed by atoms with Crippen LogP contribution in [-0.4, -0.2) is 31.0 Å². The lowest BCUT2D eigenvalue weighted by Gasteiger charge is -1.98. The van der Waals surface area contributed by atoms with Crippen LogP contribution in [0.5, 0.6) is 0 Å². The summed E-state index contributed by atoms with van der Waals surface area (Å²) in [6.07, 6.45) is 1.78. The van der Waals surface area contributed by atoms with Gasteiger partial charge in [0.05, 0.1) is 13.5 Å². The average Bonchev–Trinajstić information content (AvgIpc) is 2.64. The molecule has 0 aliphatic rings. The molecule has 0 aromatic carbocycles. The fraction of sp³-hybridized carbons (Fsp3) is 0.300. The van der Waals surface area contributed by atoms with Crippen molar-refractivity contribution in [1.29, 1.82) is 0 Å². The van der Waals surface area contributed by atoms with Crippen molar-refractivity contribution in [2.45, 2.75) is 13.3 Å². The second-order valence-electron chi connectivity index (χ2n) is 3.48. The van der Waals surface area contributed by atoms with Crippen LogP contribution in [0.1, 0.15) is 21.9 Å². The van der Waals surface area contributed by atoms with Crippen LogP contribution in [0.4, 0.5) is 0 Å². The first kappa shape index (κ1) is 10.4. The van der Waals surface area contributed by atoms with E-state index in [2.05, 4.69) is 20.4 Å². The summed E-state index contributed by atoms with van der Waals surface area (Å²) in [5.74, 6) is 0.403. The Morgan fingerprint density at radius 1 is 1.50 bits per heavy atom. The highest BCUT2D eigenvalue weighted by atomic mass is 16.1. The van der Waals surface area contributed by atoms with Crippen LogP contribution < -0.4 is 0 Å². The molecular formula is C10H11N5O. The molecule has 82 valence electrons. The van der Waals surface area contributed by atoms with Gasteiger partial charge >= 0.3 is 0 Å². The molecule has 0 aliphatic heterocycles. The Kier molecular flexibility index (Phi) is 2.72. The van der Waals surface area contributed by atoms with Gasteiger partial charge in [0.15, 0.2) is 11.6 Å². The van der Waals surface area contributed by atoms with Crippen molar-refractivity contribution in [3.05, 3.63) is 35.4 Å². The van der Waals surface area contributed by atoms with E-state index >= 15 is 0 Å². The van der Waals surface area contributed by atoms with Crippen LogP contribution in [0.2, 0.25) is 0 Å². The number of rotatable bonds is 3. The fourth-order valence-electron chi connectivity index (χ4n) is 1.36. The van der Waals surface area contributed by atoms with Crippen molar-refractivity contribution in [1.82, 2.24) is 25.2 Å². The zero-order valence-corrected chi connectivity index (χ0v) is 9.08. The summed E-state index contributed by atoms with van der Waals surface area (Å²) in [5.41, 5.74) is 1.44. The number of hydrogen-bond donors (Lipinski definition) is 0. The van der Waals surface area contributed by atoms with E-state index in [9.17, 15) is 4.79 Å². The zero-order valence-electron chi connectivity index (χ0n) is 9.08. The van der Waals surface area contributed by atoms with Crippen molar-refractivity contribution >= 4 is 5.78 Å². The van der Waals surface area contributed by atoms with Gasteiger partial charge in [0.25, 0.3) is 0 Å². The molecule has 0 bridgehead atoms. The fourth-order valence-corrected chi connectivity index (χ4v) is 1.36. The summed E-state index contributed by atoms with van der Waals surface area (Å²) in [6, 6.07) is 3.43. The smallest absolute Gasteiger partial charge is 0.182 e. The van der Waals surface area contributed by atoms with Gasteiger partial charge in [-0.25, -0.2) is 0 Å². The van der Waals surface area contributed by atoms with Gasteiger partial charge in [-0.05, 0) is 24.3 Å². The highest BCUT2D eigenvalue weighted by Crippen LogP contribution is 2.04. The van der Waals surface area contributed by atoms with Gasteiger partial charge in [0.1, 0.15) is 0 Å². The van der Waals surface area contributed by atoms with E-state index < -0.39 is 0 Å². The highest BCUT2D eigenvalue weighted by Gasteiger charge is 2.10. The van der Waals surface area contributed by atoms with Gasteiger partial charge in [-0.2, -0.15) is 4.80 Å². The van der Waals surface area contributed by atoms with Crippen molar-refractivity contribution in [3.8, 4) is 0 Å². The van der Waals surface area contributed by atoms with Crippen LogP contribution in [0.15, 0.2) is 18.3 Å². The third-order valence-corrected chi connectivity index (χ3v) is 2.09. The molecule has 0 saturated heterocycles. The maximum Gasteiger partial charge on any atom is 0.182 e. The minimum absolute atomic E-state index is 0.0292. The third kappa shape index (κ3) is 2.28. The number of carbonyl (C=O) groups is 1. The van der Waals surface area contributed by atoms with Crippen molar-refractivity contribution in [2.24, 2.45) is 7.05 Å². The molecule has 2 aromatic heterocycles. The third-order valence-electron chi connectivity index (χ3n) is 2.09. The lowest BCUT2D eigenvalue weighted by atomic mass is 10.1. The Balaban J connectivity index is 2.14. The average molecular weight is 217 g/mol. The van der Waals surface area contributed by atoms with E-state index in [1.54, 1.807) is 25.4 Å². The first-order chi connectivity index (χ1) is 7.65. The molecule has 0 amide bonds. The predicted octanol–water partition coefficient (Wildman–Crippen LogP) is 0.339. The Morgan fingerprint density at radius 2 is 2.31 bits per heavy atom. The van der Waals surface area contributed by atoms with Gasteiger partial charge in [-0.15, -0.1) is 10.2 Å². The molecule has 0 spiro atoms. The maximum atomic E-state index is 11.8. The number of Topliss-reactive ketones (excluding diaryl/α,β-unsaturated/α-hetero) is 1. The molecule has 16 heavy (non-hydrogen) atoms. The standard InChI is InChI=1S/C10H11N5O/c1-7-5-8(3-4-11-7)9(16)6-10-12-14-15(2)13-10/h3-5H,6H2,1-2H3. The van der Waals surface area contributed by atoms with E-state index in [0.29, 0.717) is 11.4 Å². The van der Waals surface area contributed by atoms with Crippen molar-refractivity contribution in [2.75, 3.05) is 0 Å². The van der Waals surface area contributed by atoms with Gasteiger partial charge in [-0.3, -0.25) is 9.78 Å². The van der Waals surface area contributed by atoms with E-state index in [0.717, 1.165) is 5.69 Å². The molecule has 2 aromatic rings. The summed E-state index contributed by atoms with van der Waals surface area (Å²) in [5, 5.41) is 11.4. The molecule has 6 heteroatoms. The SMILES string of the molecule is Cc1cc(C(=O)Cc2nnn(C)n2)ccn1. The Bertz CT molecular complexity index is 519. The lowest BCUT2D eigenvalue weighted by Crippen LogP contribution is -2.06. The molecular weight excluding hydrogens is 206 g/mol. The number of aryl methyl sites for hydroxylation is 2. The highest BCUT2D eigenvalue weighted by molar-refractivity contribution is 5.97. The molecule has 0 unspecified atom stereocenters. The Hall–Kier alpha value is -2.11. The van der Waals surface area contributed by atoms with E-state index in [1.165, 1.54) is 4.80 Å². The van der Waals surface area contributed by atoms with Crippen LogP contribution in [0, 0.1) is 6.92 Å². The maximum absolute atomic E-state index is 11.8. The largest absolute Gasteiger partial charge is 0.294 e. The molecule has 2 heterocycles. The Morgan fingerprint density at radius 3 is 2.94 bits per heavy atom. The number of carbonyl (C=O) groups excluding carboxylic acids is 1. The second kappa shape index (κ2) is 4.18. The summed E-state index contributed by atoms with van der Waals surface area (Å²) in [6.45, 7) is 1.84. The topological polar surface area (TPSA) is 73.6 Å². The molecule has 0 fully saturated rings. The summed E-state index contributed by atoms with van der Waals surface area (Å²) in [7, 11) is 1.66. The van der Waals surface area contributed by atoms with Crippen LogP contribution >= 0.6 is 0 Å². The molecule has 0 saturated carbocycles. The predicted molar refractivity (Wildman–Crippen MR) is 55.8 cm³/mol. The first-order valence-corrected chi connectivity index (χ1v) is 4.84. The number of pyridine rings is 1.